The number of amides is 4. The molecule has 0 radical (unpaired) electrons. The number of para-hydroxylation sites is 1. The summed E-state index contributed by atoms with van der Waals surface area (Å²) in [5.74, 6) is -1.89. The molecule has 312 valence electrons. The molecule has 1 saturated heterocycles. The van der Waals surface area contributed by atoms with Crippen LogP contribution >= 0.6 is 11.3 Å². The number of alkyl carbamates (subject to hydrolysis) is 1. The van der Waals surface area contributed by atoms with E-state index in [1.165, 1.54) is 4.90 Å². The fourth-order valence-corrected chi connectivity index (χ4v) is 11.0. The van der Waals surface area contributed by atoms with Crippen molar-refractivity contribution in [2.24, 2.45) is 5.92 Å². The molecule has 59 heavy (non-hydrogen) atoms. The van der Waals surface area contributed by atoms with Gasteiger partial charge in [-0.1, -0.05) is 37.1 Å². The van der Waals surface area contributed by atoms with Crippen LogP contribution in [0, 0.1) is 12.8 Å². The van der Waals surface area contributed by atoms with Crippen molar-refractivity contribution < 1.29 is 41.5 Å². The molecule has 1 aromatic carbocycles. The Kier molecular flexibility index (Phi) is 10.6. The lowest BCUT2D eigenvalue weighted by atomic mass is 10.0. The van der Waals surface area contributed by atoms with Crippen molar-refractivity contribution in [1.29, 1.82) is 0 Å². The van der Waals surface area contributed by atoms with Crippen LogP contribution < -0.4 is 20.1 Å². The summed E-state index contributed by atoms with van der Waals surface area (Å²) < 4.78 is 46.9. The Morgan fingerprint density at radius 3 is 2.58 bits per heavy atom. The number of fused-ring (bicyclic) bond motifs is 5. The number of carbonyl (C=O) groups is 4. The molecule has 4 fully saturated rings. The summed E-state index contributed by atoms with van der Waals surface area (Å²) in [4.78, 5) is 64.9. The molecule has 9 rings (SSSR count). The molecule has 16 heteroatoms. The van der Waals surface area contributed by atoms with Gasteiger partial charge in [-0.3, -0.25) is 19.1 Å². The Labute approximate surface area is 346 Å². The zero-order valence-corrected chi connectivity index (χ0v) is 34.6. The first-order chi connectivity index (χ1) is 28.5. The highest BCUT2D eigenvalue weighted by Crippen LogP contribution is 2.46. The van der Waals surface area contributed by atoms with Crippen molar-refractivity contribution in [1.82, 2.24) is 25.2 Å². The third-order valence-electron chi connectivity index (χ3n) is 12.3. The van der Waals surface area contributed by atoms with Gasteiger partial charge >= 0.3 is 6.09 Å². The van der Waals surface area contributed by atoms with Crippen molar-refractivity contribution >= 4 is 67.2 Å². The fourth-order valence-electron chi connectivity index (χ4n) is 8.80. The van der Waals surface area contributed by atoms with Crippen LogP contribution in [-0.2, 0) is 29.1 Å². The minimum Gasteiger partial charge on any atom is -0.484 e. The maximum Gasteiger partial charge on any atom is 0.408 e. The molecule has 4 aromatic rings. The second-order valence-electron chi connectivity index (χ2n) is 16.7. The molecular weight excluding hydrogens is 795 g/mol. The molecule has 3 aromatic heterocycles. The van der Waals surface area contributed by atoms with Crippen LogP contribution in [0.2, 0.25) is 0 Å². The predicted molar refractivity (Wildman–Crippen MR) is 221 cm³/mol. The Morgan fingerprint density at radius 2 is 1.80 bits per heavy atom. The number of benzene rings is 1. The van der Waals surface area contributed by atoms with Gasteiger partial charge in [-0.15, -0.1) is 11.3 Å². The van der Waals surface area contributed by atoms with E-state index in [4.69, 9.17) is 18.9 Å². The van der Waals surface area contributed by atoms with Crippen LogP contribution in [0.4, 0.5) is 4.79 Å². The van der Waals surface area contributed by atoms with E-state index in [2.05, 4.69) is 15.4 Å². The molecule has 14 nitrogen and oxygen atoms in total. The molecule has 0 bridgehead atoms. The van der Waals surface area contributed by atoms with Crippen LogP contribution in [0.5, 0.6) is 5.75 Å². The fraction of sp³-hybridized carbons (Fsp3) is 0.512. The summed E-state index contributed by atoms with van der Waals surface area (Å²) in [5.41, 5.74) is 0.855. The Hall–Kier alpha value is -4.96. The largest absolute Gasteiger partial charge is 0.484 e. The standard InChI is InChI=1S/C43H49N5O9S2/c1-25-17-20-36(58-25)32-22-35(38-37(44-32)30-14-9-10-16-34(30)57-38)55-28-21-33-39(49)46-43(41(51)47-59(53,54)29-18-19-29)23-26(43)11-5-3-2-4-6-15-31(40(50)48(33)24-28)45-42(52)56-27-12-7-8-13-27/h5,9-11,14,16-17,20,22,26-29,31,33H,2-4,6-8,12-13,15,18-19,21,23-24H2,1H3,(H,45,52)(H,46,49)(H,47,51)/t26-,28-,31+,33+,43-/m1/s1. The van der Waals surface area contributed by atoms with Crippen LogP contribution in [0.15, 0.2) is 59.0 Å². The number of hydrogen-bond donors (Lipinski definition) is 3. The third kappa shape index (κ3) is 8.17. The van der Waals surface area contributed by atoms with E-state index >= 15 is 0 Å². The second-order valence-corrected chi connectivity index (χ2v) is 19.9. The topological polar surface area (TPSA) is 186 Å². The van der Waals surface area contributed by atoms with Crippen LogP contribution in [0.1, 0.15) is 88.3 Å². The highest BCUT2D eigenvalue weighted by atomic mass is 32.2. The summed E-state index contributed by atoms with van der Waals surface area (Å²) in [7, 11) is -3.90. The van der Waals surface area contributed by atoms with Crippen LogP contribution in [0.3, 0.4) is 0 Å². The lowest BCUT2D eigenvalue weighted by molar-refractivity contribution is -0.141. The number of carbonyl (C=O) groups excluding carboxylic acids is 4. The van der Waals surface area contributed by atoms with E-state index in [0.717, 1.165) is 53.7 Å². The first kappa shape index (κ1) is 39.5. The average molecular weight is 844 g/mol. The van der Waals surface area contributed by atoms with E-state index < -0.39 is 68.7 Å². The molecule has 4 amide bonds. The number of rotatable bonds is 8. The molecule has 3 aliphatic carbocycles. The number of furan rings is 1. The molecule has 0 spiro atoms. The highest BCUT2D eigenvalue weighted by Gasteiger charge is 2.62. The van der Waals surface area contributed by atoms with Gasteiger partial charge in [0, 0.05) is 28.7 Å². The van der Waals surface area contributed by atoms with Gasteiger partial charge in [-0.2, -0.15) is 0 Å². The highest BCUT2D eigenvalue weighted by molar-refractivity contribution is 7.91. The number of nitrogens with zero attached hydrogens (tertiary/aromatic N) is 2. The van der Waals surface area contributed by atoms with Crippen molar-refractivity contribution in [3.63, 3.8) is 0 Å². The number of aromatic nitrogens is 1. The van der Waals surface area contributed by atoms with E-state index in [0.29, 0.717) is 60.2 Å². The summed E-state index contributed by atoms with van der Waals surface area (Å²) in [6.45, 7) is 2.01. The van der Waals surface area contributed by atoms with E-state index in [-0.39, 0.29) is 25.5 Å². The molecule has 2 aliphatic heterocycles. The van der Waals surface area contributed by atoms with Gasteiger partial charge in [0.05, 0.1) is 22.4 Å². The lowest BCUT2D eigenvalue weighted by Gasteiger charge is -2.30. The first-order valence-electron chi connectivity index (χ1n) is 20.9. The molecule has 3 N–H and O–H groups in total. The average Bonchev–Trinajstić information content (AvgIpc) is 3.89. The minimum atomic E-state index is -3.90. The molecular formula is C43H49N5O9S2. The first-order valence-corrected chi connectivity index (χ1v) is 23.2. The summed E-state index contributed by atoms with van der Waals surface area (Å²) in [5, 5.41) is 5.95. The summed E-state index contributed by atoms with van der Waals surface area (Å²) in [6.07, 6.45) is 10.2. The summed E-state index contributed by atoms with van der Waals surface area (Å²) >= 11 is 1.60. The van der Waals surface area contributed by atoms with Crippen LogP contribution in [0.25, 0.3) is 32.6 Å². The van der Waals surface area contributed by atoms with Crippen LogP contribution in [-0.4, -0.2) is 83.7 Å². The predicted octanol–water partition coefficient (Wildman–Crippen LogP) is 6.41. The Morgan fingerprint density at radius 1 is 1.00 bits per heavy atom. The van der Waals surface area contributed by atoms with E-state index in [1.54, 1.807) is 11.3 Å². The van der Waals surface area contributed by atoms with E-state index in [9.17, 15) is 27.6 Å². The van der Waals surface area contributed by atoms with Gasteiger partial charge in [0.2, 0.25) is 21.8 Å². The number of hydrogen-bond acceptors (Lipinski definition) is 11. The number of sulfonamides is 1. The Bertz CT molecular complexity index is 2430. The normalized spacial score (nSPS) is 26.8. The van der Waals surface area contributed by atoms with Gasteiger partial charge < -0.3 is 29.4 Å². The molecule has 5 atom stereocenters. The number of thiophene rings is 1. The monoisotopic (exact) mass is 843 g/mol. The molecule has 5 heterocycles. The van der Waals surface area contributed by atoms with Crippen molar-refractivity contribution in [2.75, 3.05) is 6.54 Å². The number of ether oxygens (including phenoxy) is 2. The number of pyridine rings is 1. The zero-order valence-electron chi connectivity index (χ0n) is 32.9. The lowest BCUT2D eigenvalue weighted by Crippen LogP contribution is -2.58. The summed E-state index contributed by atoms with van der Waals surface area (Å²) in [6, 6.07) is 11.3. The van der Waals surface area contributed by atoms with Gasteiger partial charge in [0.15, 0.2) is 11.3 Å². The van der Waals surface area contributed by atoms with Gasteiger partial charge in [0.1, 0.15) is 40.9 Å². The smallest absolute Gasteiger partial charge is 0.408 e. The maximum atomic E-state index is 14.7. The SMILES string of the molecule is Cc1ccc(-c2cc(O[C@@H]3C[C@H]4C(=O)N[C@]5(C(=O)NS(=O)(=O)C6CC6)C[C@H]5C=CCCCCC[C@H](NC(=O)OC5CCCC5)C(=O)N4C3)c3oc4ccccc4c3n2)s1. The number of nitrogens with one attached hydrogen (secondary N) is 3. The Balaban J connectivity index is 1.05. The van der Waals surface area contributed by atoms with Crippen molar-refractivity contribution in [3.05, 3.63) is 59.5 Å². The quantitative estimate of drug-likeness (QED) is 0.168. The molecule has 5 aliphatic rings. The third-order valence-corrected chi connectivity index (χ3v) is 15.1. The number of allylic oxidation sites excluding steroid dienone is 1. The maximum absolute atomic E-state index is 14.7. The van der Waals surface area contributed by atoms with Crippen molar-refractivity contribution in [2.45, 2.75) is 125 Å². The zero-order chi connectivity index (χ0) is 40.9. The number of aryl methyl sites for hydroxylation is 1. The molecule has 3 saturated carbocycles. The van der Waals surface area contributed by atoms with E-state index in [1.807, 2.05) is 61.5 Å². The van der Waals surface area contributed by atoms with Gasteiger partial charge in [0.25, 0.3) is 5.91 Å². The van der Waals surface area contributed by atoms with Gasteiger partial charge in [-0.25, -0.2) is 18.2 Å². The van der Waals surface area contributed by atoms with Crippen molar-refractivity contribution in [3.8, 4) is 16.3 Å². The minimum absolute atomic E-state index is 0.0111. The molecule has 0 unspecified atom stereocenters. The second kappa shape index (κ2) is 15.9. The van der Waals surface area contributed by atoms with Gasteiger partial charge in [-0.05, 0) is 95.4 Å².